The molecule has 5 amide bonds. The second kappa shape index (κ2) is 13.2. The lowest BCUT2D eigenvalue weighted by atomic mass is 10.0. The number of carbonyl (C=O) groups is 5. The first-order valence-electron chi connectivity index (χ1n) is 17.5. The van der Waals surface area contributed by atoms with Crippen LogP contribution in [0.15, 0.2) is 48.8 Å². The number of pyridine rings is 2. The second-order valence-electron chi connectivity index (χ2n) is 13.3. The maximum atomic E-state index is 14.0. The Hall–Kier alpha value is -6.19. The Morgan fingerprint density at radius 3 is 2.50 bits per heavy atom. The molecule has 4 aromatic rings. The molecule has 4 aliphatic heterocycles. The number of anilines is 4. The van der Waals surface area contributed by atoms with Crippen molar-refractivity contribution in [1.29, 1.82) is 0 Å². The van der Waals surface area contributed by atoms with Crippen LogP contribution in [0.5, 0.6) is 0 Å². The summed E-state index contributed by atoms with van der Waals surface area (Å²) >= 11 is 0. The lowest BCUT2D eigenvalue weighted by Gasteiger charge is -2.27. The first-order chi connectivity index (χ1) is 25.2. The molecule has 2 saturated heterocycles. The Bertz CT molecular complexity index is 2150. The molecule has 0 radical (unpaired) electrons. The Morgan fingerprint density at radius 1 is 0.885 bits per heavy atom. The zero-order chi connectivity index (χ0) is 36.1. The van der Waals surface area contributed by atoms with Crippen molar-refractivity contribution in [2.45, 2.75) is 64.7 Å². The molecule has 4 aliphatic rings. The molecule has 52 heavy (non-hydrogen) atoms. The summed E-state index contributed by atoms with van der Waals surface area (Å²) in [5.41, 5.74) is 3.01. The third kappa shape index (κ3) is 5.69. The molecule has 16 heteroatoms. The quantitative estimate of drug-likeness (QED) is 0.162. The van der Waals surface area contributed by atoms with Crippen molar-refractivity contribution in [3.63, 3.8) is 0 Å². The van der Waals surface area contributed by atoms with Crippen LogP contribution in [0.4, 0.5) is 23.1 Å². The average molecular weight is 704 g/mol. The van der Waals surface area contributed by atoms with E-state index in [0.29, 0.717) is 60.1 Å². The Kier molecular flexibility index (Phi) is 8.35. The monoisotopic (exact) mass is 703 g/mol. The first kappa shape index (κ1) is 33.0. The fourth-order valence-corrected chi connectivity index (χ4v) is 7.39. The molecule has 1 unspecified atom stereocenters. The molecule has 0 saturated carbocycles. The van der Waals surface area contributed by atoms with Crippen molar-refractivity contribution >= 4 is 52.7 Å². The minimum atomic E-state index is -1.02. The van der Waals surface area contributed by atoms with Crippen molar-refractivity contribution in [3.05, 3.63) is 71.0 Å². The number of hydrogen-bond donors (Lipinski definition) is 3. The number of hydrogen-bond acceptors (Lipinski definition) is 12. The van der Waals surface area contributed by atoms with E-state index in [9.17, 15) is 24.0 Å². The minimum absolute atomic E-state index is 0.0573. The number of piperidine rings is 1. The minimum Gasteiger partial charge on any atom is -0.383 e. The molecule has 2 fully saturated rings. The van der Waals surface area contributed by atoms with Crippen molar-refractivity contribution in [2.75, 3.05) is 40.1 Å². The molecule has 0 bridgehead atoms. The van der Waals surface area contributed by atoms with E-state index in [0.717, 1.165) is 35.7 Å². The summed E-state index contributed by atoms with van der Waals surface area (Å²) in [6.45, 7) is 6.85. The summed E-state index contributed by atoms with van der Waals surface area (Å²) in [6.07, 6.45) is 3.90. The van der Waals surface area contributed by atoms with Crippen molar-refractivity contribution in [3.8, 4) is 11.5 Å². The van der Waals surface area contributed by atoms with Gasteiger partial charge in [0.15, 0.2) is 5.82 Å². The van der Waals surface area contributed by atoms with Crippen LogP contribution in [0.25, 0.3) is 11.5 Å². The Labute approximate surface area is 298 Å². The van der Waals surface area contributed by atoms with E-state index in [1.54, 1.807) is 29.4 Å². The van der Waals surface area contributed by atoms with E-state index in [1.807, 2.05) is 35.8 Å². The van der Waals surface area contributed by atoms with Gasteiger partial charge in [0.05, 0.1) is 23.2 Å². The normalized spacial score (nSPS) is 19.7. The van der Waals surface area contributed by atoms with Crippen LogP contribution in [-0.4, -0.2) is 90.9 Å². The topological polar surface area (TPSA) is 188 Å². The number of rotatable bonds is 10. The van der Waals surface area contributed by atoms with Crippen LogP contribution in [0.1, 0.15) is 76.2 Å². The van der Waals surface area contributed by atoms with Crippen molar-refractivity contribution < 1.29 is 24.0 Å². The molecule has 0 aliphatic carbocycles. The standard InChI is InChI=1S/C36H37N11O5/c1-3-44-19-39-43-32(44)26-7-4-8-28(40-26)46-18-25-24(34(46)50)17-29(45-15-5-6-20(45)2)41-31(25)38-14-13-37-21-9-10-22-23(16-21)36(52)47(35(22)51)27-11-12-30(48)42-33(27)49/h4,7-10,16-17,19-20,27,37H,3,5-6,11-15,18H2,1-2H3,(H,38,41)(H,42,48,49)/t20-,27?/m1/s1. The Balaban J connectivity index is 0.993. The predicted molar refractivity (Wildman–Crippen MR) is 190 cm³/mol. The molecule has 16 nitrogen and oxygen atoms in total. The maximum Gasteiger partial charge on any atom is 0.262 e. The van der Waals surface area contributed by atoms with Gasteiger partial charge in [-0.25, -0.2) is 9.97 Å². The van der Waals surface area contributed by atoms with E-state index in [2.05, 4.69) is 38.0 Å². The fraction of sp³-hybridized carbons (Fsp3) is 0.361. The van der Waals surface area contributed by atoms with Gasteiger partial charge in [-0.1, -0.05) is 6.07 Å². The summed E-state index contributed by atoms with van der Waals surface area (Å²) < 4.78 is 1.90. The highest BCUT2D eigenvalue weighted by Gasteiger charge is 2.44. The van der Waals surface area contributed by atoms with Crippen LogP contribution in [0.2, 0.25) is 0 Å². The number of nitrogens with one attached hydrogen (secondary N) is 3. The summed E-state index contributed by atoms with van der Waals surface area (Å²) in [5.74, 6) is 0.152. The number of aryl methyl sites for hydroxylation is 1. The van der Waals surface area contributed by atoms with Gasteiger partial charge < -0.3 is 20.1 Å². The van der Waals surface area contributed by atoms with Crippen molar-refractivity contribution in [1.82, 2.24) is 34.9 Å². The highest BCUT2D eigenvalue weighted by atomic mass is 16.2. The zero-order valence-corrected chi connectivity index (χ0v) is 28.8. The Morgan fingerprint density at radius 2 is 1.71 bits per heavy atom. The molecule has 266 valence electrons. The van der Waals surface area contributed by atoms with E-state index in [-0.39, 0.29) is 36.4 Å². The number of nitrogens with zero attached hydrogens (tertiary/aromatic N) is 8. The molecule has 1 aromatic carbocycles. The zero-order valence-electron chi connectivity index (χ0n) is 28.8. The molecule has 3 N–H and O–H groups in total. The maximum absolute atomic E-state index is 14.0. The smallest absolute Gasteiger partial charge is 0.262 e. The third-order valence-electron chi connectivity index (χ3n) is 10.1. The van der Waals surface area contributed by atoms with Gasteiger partial charge in [0.1, 0.15) is 35.5 Å². The van der Waals surface area contributed by atoms with E-state index >= 15 is 0 Å². The lowest BCUT2D eigenvalue weighted by Crippen LogP contribution is -2.54. The van der Waals surface area contributed by atoms with Gasteiger partial charge in [-0.05, 0) is 69.5 Å². The summed E-state index contributed by atoms with van der Waals surface area (Å²) in [7, 11) is 0. The van der Waals surface area contributed by atoms with E-state index in [4.69, 9.17) is 9.97 Å². The van der Waals surface area contributed by atoms with Crippen molar-refractivity contribution in [2.24, 2.45) is 0 Å². The van der Waals surface area contributed by atoms with Gasteiger partial charge in [0.25, 0.3) is 17.7 Å². The molecule has 0 spiro atoms. The average Bonchev–Trinajstić information content (AvgIpc) is 3.93. The summed E-state index contributed by atoms with van der Waals surface area (Å²) in [5, 5.41) is 17.2. The van der Waals surface area contributed by atoms with Gasteiger partial charge in [-0.15, -0.1) is 10.2 Å². The third-order valence-corrected chi connectivity index (χ3v) is 10.1. The highest BCUT2D eigenvalue weighted by molar-refractivity contribution is 6.23. The number of benzene rings is 1. The van der Waals surface area contributed by atoms with Crippen LogP contribution in [-0.2, 0) is 22.7 Å². The number of imide groups is 2. The largest absolute Gasteiger partial charge is 0.383 e. The number of amides is 5. The van der Waals surface area contributed by atoms with Gasteiger partial charge >= 0.3 is 0 Å². The SMILES string of the molecule is CCn1cnnc1-c1cccc(N2Cc3c(cc(N4CCC[C@H]4C)nc3NCCNc3ccc4c(c3)C(=O)N(C3CCC(=O)NC3=O)C4=O)C2=O)n1. The van der Waals surface area contributed by atoms with Crippen LogP contribution in [0.3, 0.4) is 0 Å². The number of aromatic nitrogens is 5. The summed E-state index contributed by atoms with van der Waals surface area (Å²) in [6, 6.07) is 11.6. The molecular weight excluding hydrogens is 666 g/mol. The predicted octanol–water partition coefficient (Wildman–Crippen LogP) is 2.83. The van der Waals surface area contributed by atoms with E-state index < -0.39 is 29.7 Å². The molecule has 2 atom stereocenters. The lowest BCUT2D eigenvalue weighted by molar-refractivity contribution is -0.136. The summed E-state index contributed by atoms with van der Waals surface area (Å²) in [4.78, 5) is 79.1. The van der Waals surface area contributed by atoms with Crippen LogP contribution < -0.4 is 25.8 Å². The first-order valence-corrected chi connectivity index (χ1v) is 17.5. The van der Waals surface area contributed by atoms with Gasteiger partial charge in [-0.2, -0.15) is 0 Å². The highest BCUT2D eigenvalue weighted by Crippen LogP contribution is 2.36. The number of fused-ring (bicyclic) bond motifs is 2. The molecule has 3 aromatic heterocycles. The second-order valence-corrected chi connectivity index (χ2v) is 13.3. The molecular formula is C36H37N11O5. The van der Waals surface area contributed by atoms with Gasteiger partial charge in [0, 0.05) is 49.9 Å². The fourth-order valence-electron chi connectivity index (χ4n) is 7.39. The van der Waals surface area contributed by atoms with Crippen LogP contribution >= 0.6 is 0 Å². The van der Waals surface area contributed by atoms with E-state index in [1.165, 1.54) is 0 Å². The van der Waals surface area contributed by atoms with Crippen LogP contribution in [0, 0.1) is 0 Å². The van der Waals surface area contributed by atoms with Gasteiger partial charge in [-0.3, -0.25) is 39.1 Å². The molecule has 8 rings (SSSR count). The van der Waals surface area contributed by atoms with Gasteiger partial charge in [0.2, 0.25) is 11.8 Å². The molecule has 7 heterocycles. The number of carbonyl (C=O) groups excluding carboxylic acids is 5.